The highest BCUT2D eigenvalue weighted by Gasteiger charge is 2.45. The van der Waals surface area contributed by atoms with Gasteiger partial charge in [-0.25, -0.2) is 0 Å². The highest BCUT2D eigenvalue weighted by atomic mass is 16.5. The van der Waals surface area contributed by atoms with Gasteiger partial charge in [-0.1, -0.05) is 12.8 Å². The fourth-order valence-electron chi connectivity index (χ4n) is 3.76. The molecule has 1 atom stereocenters. The van der Waals surface area contributed by atoms with Gasteiger partial charge in [0, 0.05) is 24.7 Å². The predicted octanol–water partition coefficient (Wildman–Crippen LogP) is 2.21. The van der Waals surface area contributed by atoms with E-state index >= 15 is 0 Å². The number of carbonyl (C=O) groups excluding carboxylic acids is 2. The summed E-state index contributed by atoms with van der Waals surface area (Å²) in [6, 6.07) is 5.13. The molecule has 1 heterocycles. The molecule has 1 unspecified atom stereocenters. The van der Waals surface area contributed by atoms with E-state index in [1.807, 2.05) is 0 Å². The number of hydrogen-bond donors (Lipinski definition) is 1. The standard InChI is InChI=1S/C19H26N2O4/c1-24-15-8-14(9-16(10-15)25-2)17(22)21-7-3-6-19(12-21,18(20)23)11-13-4-5-13/h8-10,13H,3-7,11-12H2,1-2H3,(H2,20,23). The highest BCUT2D eigenvalue weighted by molar-refractivity contribution is 5.95. The van der Waals surface area contributed by atoms with Crippen molar-refractivity contribution in [1.29, 1.82) is 0 Å². The van der Waals surface area contributed by atoms with Crippen LogP contribution in [0.15, 0.2) is 18.2 Å². The maximum Gasteiger partial charge on any atom is 0.254 e. The van der Waals surface area contributed by atoms with Gasteiger partial charge in [-0.3, -0.25) is 9.59 Å². The Morgan fingerprint density at radius 1 is 1.20 bits per heavy atom. The summed E-state index contributed by atoms with van der Waals surface area (Å²) < 4.78 is 10.5. The van der Waals surface area contributed by atoms with Crippen molar-refractivity contribution in [3.63, 3.8) is 0 Å². The lowest BCUT2D eigenvalue weighted by molar-refractivity contribution is -0.131. The Morgan fingerprint density at radius 2 is 1.84 bits per heavy atom. The van der Waals surface area contributed by atoms with Crippen LogP contribution in [0.25, 0.3) is 0 Å². The van der Waals surface area contributed by atoms with Crippen molar-refractivity contribution in [3.8, 4) is 11.5 Å². The number of piperidine rings is 1. The number of primary amides is 1. The van der Waals surface area contributed by atoms with Crippen LogP contribution in [0.2, 0.25) is 0 Å². The van der Waals surface area contributed by atoms with Crippen molar-refractivity contribution in [2.75, 3.05) is 27.3 Å². The van der Waals surface area contributed by atoms with Gasteiger partial charge < -0.3 is 20.1 Å². The smallest absolute Gasteiger partial charge is 0.254 e. The molecule has 6 nitrogen and oxygen atoms in total. The third-order valence-electron chi connectivity index (χ3n) is 5.36. The summed E-state index contributed by atoms with van der Waals surface area (Å²) in [4.78, 5) is 27.0. The normalized spacial score (nSPS) is 23.2. The molecular formula is C19H26N2O4. The van der Waals surface area contributed by atoms with Crippen molar-refractivity contribution in [3.05, 3.63) is 23.8 Å². The first-order valence-corrected chi connectivity index (χ1v) is 8.80. The number of hydrogen-bond acceptors (Lipinski definition) is 4. The molecule has 2 N–H and O–H groups in total. The molecule has 2 amide bonds. The second-order valence-corrected chi connectivity index (χ2v) is 7.22. The molecule has 1 aliphatic heterocycles. The minimum absolute atomic E-state index is 0.113. The molecule has 136 valence electrons. The highest BCUT2D eigenvalue weighted by Crippen LogP contribution is 2.44. The molecule has 0 aromatic heterocycles. The third kappa shape index (κ3) is 3.72. The number of likely N-dealkylation sites (tertiary alicyclic amines) is 1. The fraction of sp³-hybridized carbons (Fsp3) is 0.579. The molecule has 2 aliphatic rings. The largest absolute Gasteiger partial charge is 0.497 e. The van der Waals surface area contributed by atoms with Gasteiger partial charge in [0.15, 0.2) is 0 Å². The first kappa shape index (κ1) is 17.6. The van der Waals surface area contributed by atoms with E-state index in [0.717, 1.165) is 32.1 Å². The van der Waals surface area contributed by atoms with Crippen LogP contribution >= 0.6 is 0 Å². The molecule has 0 radical (unpaired) electrons. The van der Waals surface area contributed by atoms with Gasteiger partial charge in [0.25, 0.3) is 5.91 Å². The maximum atomic E-state index is 13.0. The molecule has 3 rings (SSSR count). The van der Waals surface area contributed by atoms with Gasteiger partial charge in [-0.2, -0.15) is 0 Å². The average molecular weight is 346 g/mol. The van der Waals surface area contributed by atoms with Crippen LogP contribution < -0.4 is 15.2 Å². The SMILES string of the molecule is COc1cc(OC)cc(C(=O)N2CCCC(CC3CC3)(C(N)=O)C2)c1. The third-order valence-corrected chi connectivity index (χ3v) is 5.36. The maximum absolute atomic E-state index is 13.0. The fourth-order valence-corrected chi connectivity index (χ4v) is 3.76. The van der Waals surface area contributed by atoms with Crippen LogP contribution in [0.4, 0.5) is 0 Å². The lowest BCUT2D eigenvalue weighted by Crippen LogP contribution is -2.52. The summed E-state index contributed by atoms with van der Waals surface area (Å²) in [6.07, 6.45) is 4.69. The first-order chi connectivity index (χ1) is 12.0. The molecule has 2 fully saturated rings. The van der Waals surface area contributed by atoms with Crippen LogP contribution in [0, 0.1) is 11.3 Å². The second kappa shape index (κ2) is 6.94. The summed E-state index contributed by atoms with van der Waals surface area (Å²) in [6.45, 7) is 1.04. The van der Waals surface area contributed by atoms with E-state index in [-0.39, 0.29) is 11.8 Å². The topological polar surface area (TPSA) is 81.9 Å². The number of nitrogens with two attached hydrogens (primary N) is 1. The van der Waals surface area contributed by atoms with Crippen LogP contribution in [0.3, 0.4) is 0 Å². The van der Waals surface area contributed by atoms with Crippen LogP contribution in [0.5, 0.6) is 11.5 Å². The molecule has 0 bridgehead atoms. The quantitative estimate of drug-likeness (QED) is 0.856. The average Bonchev–Trinajstić information content (AvgIpc) is 3.44. The second-order valence-electron chi connectivity index (χ2n) is 7.22. The van der Waals surface area contributed by atoms with Crippen LogP contribution in [-0.2, 0) is 4.79 Å². The predicted molar refractivity (Wildman–Crippen MR) is 93.7 cm³/mol. The van der Waals surface area contributed by atoms with Crippen molar-refractivity contribution in [2.45, 2.75) is 32.1 Å². The Morgan fingerprint density at radius 3 is 2.36 bits per heavy atom. The Labute approximate surface area is 148 Å². The van der Waals surface area contributed by atoms with Gasteiger partial charge in [0.1, 0.15) is 11.5 Å². The molecule has 1 aromatic rings. The molecule has 6 heteroatoms. The summed E-state index contributed by atoms with van der Waals surface area (Å²) in [5.74, 6) is 1.33. The Bertz CT molecular complexity index is 649. The number of ether oxygens (including phenoxy) is 2. The first-order valence-electron chi connectivity index (χ1n) is 8.80. The number of amides is 2. The zero-order valence-electron chi connectivity index (χ0n) is 14.9. The zero-order chi connectivity index (χ0) is 18.0. The molecule has 25 heavy (non-hydrogen) atoms. The van der Waals surface area contributed by atoms with Gasteiger partial charge >= 0.3 is 0 Å². The van der Waals surface area contributed by atoms with E-state index in [0.29, 0.717) is 36.1 Å². The molecule has 0 spiro atoms. The monoisotopic (exact) mass is 346 g/mol. The van der Waals surface area contributed by atoms with E-state index in [1.54, 1.807) is 37.3 Å². The zero-order valence-corrected chi connectivity index (χ0v) is 14.9. The molecule has 1 aliphatic carbocycles. The number of nitrogens with zero attached hydrogens (tertiary/aromatic N) is 1. The van der Waals surface area contributed by atoms with E-state index in [1.165, 1.54) is 0 Å². The van der Waals surface area contributed by atoms with Gasteiger partial charge in [0.05, 0.1) is 19.6 Å². The molecule has 1 saturated heterocycles. The van der Waals surface area contributed by atoms with Crippen LogP contribution in [0.1, 0.15) is 42.5 Å². The molecule has 1 aromatic carbocycles. The number of carbonyl (C=O) groups is 2. The van der Waals surface area contributed by atoms with E-state index in [2.05, 4.69) is 0 Å². The lowest BCUT2D eigenvalue weighted by atomic mass is 9.75. The summed E-state index contributed by atoms with van der Waals surface area (Å²) >= 11 is 0. The van der Waals surface area contributed by atoms with Crippen LogP contribution in [-0.4, -0.2) is 44.0 Å². The van der Waals surface area contributed by atoms with Crippen molar-refractivity contribution >= 4 is 11.8 Å². The van der Waals surface area contributed by atoms with Gasteiger partial charge in [0.2, 0.25) is 5.91 Å². The minimum atomic E-state index is -0.585. The number of methoxy groups -OCH3 is 2. The lowest BCUT2D eigenvalue weighted by Gasteiger charge is -2.41. The molecule has 1 saturated carbocycles. The summed E-state index contributed by atoms with van der Waals surface area (Å²) in [5.41, 5.74) is 5.67. The number of benzene rings is 1. The minimum Gasteiger partial charge on any atom is -0.497 e. The van der Waals surface area contributed by atoms with Gasteiger partial charge in [-0.05, 0) is 37.3 Å². The molecular weight excluding hydrogens is 320 g/mol. The van der Waals surface area contributed by atoms with Crippen molar-refractivity contribution in [2.24, 2.45) is 17.1 Å². The Hall–Kier alpha value is -2.24. The van der Waals surface area contributed by atoms with E-state index in [4.69, 9.17) is 15.2 Å². The summed E-state index contributed by atoms with van der Waals surface area (Å²) in [7, 11) is 3.11. The van der Waals surface area contributed by atoms with Crippen molar-refractivity contribution in [1.82, 2.24) is 4.90 Å². The van der Waals surface area contributed by atoms with Crippen molar-refractivity contribution < 1.29 is 19.1 Å². The Balaban J connectivity index is 1.82. The van der Waals surface area contributed by atoms with Gasteiger partial charge in [-0.15, -0.1) is 0 Å². The number of rotatable bonds is 6. The Kier molecular flexibility index (Phi) is 4.88. The van der Waals surface area contributed by atoms with E-state index in [9.17, 15) is 9.59 Å². The summed E-state index contributed by atoms with van der Waals surface area (Å²) in [5, 5.41) is 0. The van der Waals surface area contributed by atoms with E-state index < -0.39 is 5.41 Å².